The average Bonchev–Trinajstić information content (AvgIpc) is 2.82. The van der Waals surface area contributed by atoms with Crippen molar-refractivity contribution in [3.63, 3.8) is 0 Å². The Morgan fingerprint density at radius 2 is 1.95 bits per heavy atom. The van der Waals surface area contributed by atoms with Gasteiger partial charge in [-0.05, 0) is 25.7 Å². The lowest BCUT2D eigenvalue weighted by Crippen LogP contribution is -2.17. The van der Waals surface area contributed by atoms with E-state index in [4.69, 9.17) is 9.47 Å². The molecule has 1 unspecified atom stereocenters. The number of halogens is 3. The monoisotopic (exact) mass is 282 g/mol. The van der Waals surface area contributed by atoms with Crippen LogP contribution in [-0.4, -0.2) is 31.5 Å². The lowest BCUT2D eigenvalue weighted by molar-refractivity contribution is -0.147. The molecular formula is C13H21F3O3. The fourth-order valence-corrected chi connectivity index (χ4v) is 1.98. The normalized spacial score (nSPS) is 19.6. The summed E-state index contributed by atoms with van der Waals surface area (Å²) in [7, 11) is 0. The maximum atomic E-state index is 11.9. The highest BCUT2D eigenvalue weighted by atomic mass is 19.4. The van der Waals surface area contributed by atoms with Gasteiger partial charge in [-0.25, -0.2) is 0 Å². The molecule has 1 atom stereocenters. The number of rotatable bonds is 8. The third-order valence-electron chi connectivity index (χ3n) is 3.05. The molecule has 0 aromatic heterocycles. The first-order valence-electron chi connectivity index (χ1n) is 6.81. The summed E-state index contributed by atoms with van der Waals surface area (Å²) in [5, 5.41) is 0. The molecule has 0 amide bonds. The maximum absolute atomic E-state index is 11.9. The van der Waals surface area contributed by atoms with Crippen molar-refractivity contribution >= 4 is 5.97 Å². The van der Waals surface area contributed by atoms with Gasteiger partial charge in [-0.1, -0.05) is 12.8 Å². The fourth-order valence-electron chi connectivity index (χ4n) is 1.98. The van der Waals surface area contributed by atoms with Gasteiger partial charge in [0.15, 0.2) is 0 Å². The van der Waals surface area contributed by atoms with Crippen molar-refractivity contribution in [2.45, 2.75) is 63.6 Å². The second-order valence-electron chi connectivity index (χ2n) is 4.85. The molecule has 3 nitrogen and oxygen atoms in total. The number of carbonyl (C=O) groups excluding carboxylic acids is 1. The van der Waals surface area contributed by atoms with Crippen molar-refractivity contribution in [2.75, 3.05) is 13.2 Å². The molecule has 1 aliphatic heterocycles. The van der Waals surface area contributed by atoms with E-state index in [1.807, 2.05) is 0 Å². The van der Waals surface area contributed by atoms with E-state index < -0.39 is 12.6 Å². The summed E-state index contributed by atoms with van der Waals surface area (Å²) in [5.41, 5.74) is 0. The number of esters is 1. The molecule has 1 saturated heterocycles. The van der Waals surface area contributed by atoms with Gasteiger partial charge in [0.1, 0.15) is 6.61 Å². The lowest BCUT2D eigenvalue weighted by Gasteiger charge is -2.10. The Hall–Kier alpha value is -0.780. The molecule has 0 aromatic rings. The molecule has 19 heavy (non-hydrogen) atoms. The van der Waals surface area contributed by atoms with Crippen molar-refractivity contribution in [3.8, 4) is 0 Å². The van der Waals surface area contributed by atoms with Crippen molar-refractivity contribution in [1.82, 2.24) is 0 Å². The molecule has 0 aromatic carbocycles. The molecule has 6 heteroatoms. The van der Waals surface area contributed by atoms with Crippen molar-refractivity contribution in [1.29, 1.82) is 0 Å². The van der Waals surface area contributed by atoms with Gasteiger partial charge in [-0.3, -0.25) is 4.79 Å². The molecule has 0 bridgehead atoms. The number of hydrogen-bond acceptors (Lipinski definition) is 3. The molecule has 0 saturated carbocycles. The van der Waals surface area contributed by atoms with Crippen LogP contribution in [0.15, 0.2) is 0 Å². The number of hydrogen-bond donors (Lipinski definition) is 0. The third-order valence-corrected chi connectivity index (χ3v) is 3.05. The number of carbonyl (C=O) groups is 1. The van der Waals surface area contributed by atoms with Crippen LogP contribution < -0.4 is 0 Å². The Labute approximate surface area is 111 Å². The van der Waals surface area contributed by atoms with E-state index in [-0.39, 0.29) is 24.9 Å². The van der Waals surface area contributed by atoms with Gasteiger partial charge in [0, 0.05) is 19.4 Å². The summed E-state index contributed by atoms with van der Waals surface area (Å²) in [6, 6.07) is 0. The van der Waals surface area contributed by atoms with Crippen molar-refractivity contribution in [2.24, 2.45) is 0 Å². The highest BCUT2D eigenvalue weighted by Crippen LogP contribution is 2.23. The van der Waals surface area contributed by atoms with Crippen LogP contribution in [0.5, 0.6) is 0 Å². The molecule has 0 aliphatic carbocycles. The Morgan fingerprint density at radius 3 is 2.58 bits per heavy atom. The SMILES string of the molecule is O=C(CCCCCCC(F)(F)F)OCC1CCCO1. The minimum absolute atomic E-state index is 0.0238. The predicted molar refractivity (Wildman–Crippen MR) is 63.7 cm³/mol. The summed E-state index contributed by atoms with van der Waals surface area (Å²) in [5.74, 6) is -0.286. The summed E-state index contributed by atoms with van der Waals surface area (Å²) in [6.07, 6.45) is -0.738. The van der Waals surface area contributed by atoms with Gasteiger partial charge >= 0.3 is 12.1 Å². The molecule has 1 rings (SSSR count). The first-order valence-corrected chi connectivity index (χ1v) is 6.81. The average molecular weight is 282 g/mol. The third kappa shape index (κ3) is 8.86. The first-order chi connectivity index (χ1) is 8.97. The molecule has 0 radical (unpaired) electrons. The first kappa shape index (κ1) is 16.3. The fraction of sp³-hybridized carbons (Fsp3) is 0.923. The van der Waals surface area contributed by atoms with E-state index in [1.54, 1.807) is 0 Å². The number of alkyl halides is 3. The van der Waals surface area contributed by atoms with Crippen LogP contribution in [-0.2, 0) is 14.3 Å². The van der Waals surface area contributed by atoms with Crippen LogP contribution in [0.4, 0.5) is 13.2 Å². The van der Waals surface area contributed by atoms with Crippen molar-refractivity contribution in [3.05, 3.63) is 0 Å². The summed E-state index contributed by atoms with van der Waals surface area (Å²) in [4.78, 5) is 11.3. The molecule has 112 valence electrons. The quantitative estimate of drug-likeness (QED) is 0.504. The van der Waals surface area contributed by atoms with E-state index in [0.29, 0.717) is 25.9 Å². The smallest absolute Gasteiger partial charge is 0.389 e. The van der Waals surface area contributed by atoms with E-state index in [1.165, 1.54) is 0 Å². The highest BCUT2D eigenvalue weighted by molar-refractivity contribution is 5.69. The van der Waals surface area contributed by atoms with Gasteiger partial charge in [0.05, 0.1) is 6.10 Å². The zero-order valence-corrected chi connectivity index (χ0v) is 11.0. The van der Waals surface area contributed by atoms with Gasteiger partial charge in [0.2, 0.25) is 0 Å². The zero-order chi connectivity index (χ0) is 14.1. The van der Waals surface area contributed by atoms with Gasteiger partial charge < -0.3 is 9.47 Å². The second kappa shape index (κ2) is 8.40. The number of ether oxygens (including phenoxy) is 2. The van der Waals surface area contributed by atoms with Gasteiger partial charge in [0.25, 0.3) is 0 Å². The van der Waals surface area contributed by atoms with E-state index in [9.17, 15) is 18.0 Å². The van der Waals surface area contributed by atoms with Gasteiger partial charge in [-0.2, -0.15) is 13.2 Å². The predicted octanol–water partition coefficient (Wildman–Crippen LogP) is 3.61. The number of unbranched alkanes of at least 4 members (excludes halogenated alkanes) is 3. The van der Waals surface area contributed by atoms with Crippen LogP contribution >= 0.6 is 0 Å². The molecule has 0 N–H and O–H groups in total. The molecular weight excluding hydrogens is 261 g/mol. The minimum atomic E-state index is -4.07. The second-order valence-corrected chi connectivity index (χ2v) is 4.85. The topological polar surface area (TPSA) is 35.5 Å². The summed E-state index contributed by atoms with van der Waals surface area (Å²) in [6.45, 7) is 1.02. The van der Waals surface area contributed by atoms with E-state index in [0.717, 1.165) is 19.4 Å². The zero-order valence-electron chi connectivity index (χ0n) is 11.0. The maximum Gasteiger partial charge on any atom is 0.389 e. The van der Waals surface area contributed by atoms with Crippen molar-refractivity contribution < 1.29 is 27.4 Å². The van der Waals surface area contributed by atoms with Gasteiger partial charge in [-0.15, -0.1) is 0 Å². The van der Waals surface area contributed by atoms with Crippen LogP contribution in [0.1, 0.15) is 51.4 Å². The standard InChI is InChI=1S/C13H21F3O3/c14-13(15,16)8-4-2-1-3-7-12(17)19-10-11-6-5-9-18-11/h11H,1-10H2. The molecule has 1 fully saturated rings. The van der Waals surface area contributed by atoms with E-state index in [2.05, 4.69) is 0 Å². The summed E-state index contributed by atoms with van der Waals surface area (Å²) < 4.78 is 45.9. The Balaban J connectivity index is 1.89. The largest absolute Gasteiger partial charge is 0.463 e. The lowest BCUT2D eigenvalue weighted by atomic mass is 10.1. The van der Waals surface area contributed by atoms with Crippen LogP contribution in [0.2, 0.25) is 0 Å². The molecule has 1 aliphatic rings. The Kier molecular flexibility index (Phi) is 7.20. The van der Waals surface area contributed by atoms with Crippen LogP contribution in [0.3, 0.4) is 0 Å². The summed E-state index contributed by atoms with van der Waals surface area (Å²) >= 11 is 0. The Bertz CT molecular complexity index is 260. The Morgan fingerprint density at radius 1 is 1.21 bits per heavy atom. The molecule has 0 spiro atoms. The molecule has 1 heterocycles. The minimum Gasteiger partial charge on any atom is -0.463 e. The highest BCUT2D eigenvalue weighted by Gasteiger charge is 2.25. The van der Waals surface area contributed by atoms with E-state index >= 15 is 0 Å². The van der Waals surface area contributed by atoms with Crippen LogP contribution in [0, 0.1) is 0 Å². The van der Waals surface area contributed by atoms with Crippen LogP contribution in [0.25, 0.3) is 0 Å².